The van der Waals surface area contributed by atoms with E-state index in [1.165, 1.54) is 6.21 Å². The summed E-state index contributed by atoms with van der Waals surface area (Å²) < 4.78 is 0. The molecule has 0 aliphatic rings. The molecule has 5 heteroatoms. The van der Waals surface area contributed by atoms with E-state index in [-0.39, 0.29) is 5.84 Å². The molecule has 0 amide bonds. The van der Waals surface area contributed by atoms with E-state index in [1.54, 1.807) is 24.3 Å². The van der Waals surface area contributed by atoms with E-state index in [2.05, 4.69) is 10.1 Å². The second-order valence-electron chi connectivity index (χ2n) is 2.29. The van der Waals surface area contributed by atoms with Crippen molar-refractivity contribution in [2.24, 2.45) is 21.7 Å². The van der Waals surface area contributed by atoms with E-state index in [0.29, 0.717) is 5.02 Å². The first-order chi connectivity index (χ1) is 6.22. The third-order valence-corrected chi connectivity index (χ3v) is 1.57. The summed E-state index contributed by atoms with van der Waals surface area (Å²) in [7, 11) is 0. The minimum absolute atomic E-state index is 0.176. The maximum atomic E-state index is 5.68. The first kappa shape index (κ1) is 9.54. The molecule has 0 bridgehead atoms. The highest BCUT2D eigenvalue weighted by Gasteiger charge is 1.88. The van der Waals surface area contributed by atoms with Crippen LogP contribution >= 0.6 is 11.6 Å². The molecule has 1 aromatic rings. The van der Waals surface area contributed by atoms with Crippen LogP contribution in [-0.4, -0.2) is 12.1 Å². The Hall–Kier alpha value is -1.55. The van der Waals surface area contributed by atoms with Crippen molar-refractivity contribution in [2.45, 2.75) is 0 Å². The molecule has 1 aromatic carbocycles. The third-order valence-electron chi connectivity index (χ3n) is 1.32. The zero-order valence-corrected chi connectivity index (χ0v) is 7.57. The van der Waals surface area contributed by atoms with Crippen LogP contribution in [0.15, 0.2) is 34.4 Å². The summed E-state index contributed by atoms with van der Waals surface area (Å²) in [4.78, 5) is 4.00. The molecule has 13 heavy (non-hydrogen) atoms. The van der Waals surface area contributed by atoms with Crippen molar-refractivity contribution in [3.05, 3.63) is 29.3 Å². The molecule has 0 aliphatic heterocycles. The molecule has 0 saturated heterocycles. The number of aliphatic imine (C=N–C) groups is 1. The highest BCUT2D eigenvalue weighted by atomic mass is 35.5. The van der Waals surface area contributed by atoms with Crippen molar-refractivity contribution >= 4 is 29.3 Å². The molecule has 4 N–H and O–H groups in total. The van der Waals surface area contributed by atoms with Gasteiger partial charge in [-0.05, 0) is 24.3 Å². The molecule has 0 saturated carbocycles. The van der Waals surface area contributed by atoms with Gasteiger partial charge in [-0.15, -0.1) is 0 Å². The molecule has 0 atom stereocenters. The van der Waals surface area contributed by atoms with Crippen molar-refractivity contribution in [1.29, 1.82) is 0 Å². The standard InChI is InChI=1S/C8H9ClN4/c9-6-1-3-7(4-2-6)12-5-8(10)13-11/h1-5H,11H2,(H2,10,13). The molecule has 1 rings (SSSR count). The van der Waals surface area contributed by atoms with Gasteiger partial charge in [-0.25, -0.2) is 0 Å². The lowest BCUT2D eigenvalue weighted by atomic mass is 10.3. The molecular weight excluding hydrogens is 188 g/mol. The molecule has 68 valence electrons. The molecule has 0 aromatic heterocycles. The fourth-order valence-electron chi connectivity index (χ4n) is 0.701. The minimum Gasteiger partial charge on any atom is -0.381 e. The van der Waals surface area contributed by atoms with Crippen molar-refractivity contribution in [2.75, 3.05) is 0 Å². The first-order valence-electron chi connectivity index (χ1n) is 3.55. The topological polar surface area (TPSA) is 76.8 Å². The van der Waals surface area contributed by atoms with Crippen LogP contribution in [-0.2, 0) is 0 Å². The van der Waals surface area contributed by atoms with Crippen LogP contribution < -0.4 is 11.6 Å². The lowest BCUT2D eigenvalue weighted by Crippen LogP contribution is -2.14. The number of hydrazone groups is 1. The minimum atomic E-state index is 0.176. The van der Waals surface area contributed by atoms with E-state index < -0.39 is 0 Å². The quantitative estimate of drug-likeness (QED) is 0.324. The predicted octanol–water partition coefficient (Wildman–Crippen LogP) is 1.27. The van der Waals surface area contributed by atoms with Gasteiger partial charge in [0, 0.05) is 5.02 Å². The molecule has 0 heterocycles. The fraction of sp³-hybridized carbons (Fsp3) is 0. The molecule has 0 fully saturated rings. The highest BCUT2D eigenvalue weighted by molar-refractivity contribution is 6.30. The van der Waals surface area contributed by atoms with Crippen LogP contribution in [0, 0.1) is 0 Å². The van der Waals surface area contributed by atoms with Crippen LogP contribution in [0.5, 0.6) is 0 Å². The number of hydrogen-bond acceptors (Lipinski definition) is 3. The Labute approximate surface area is 80.9 Å². The monoisotopic (exact) mass is 196 g/mol. The third kappa shape index (κ3) is 3.13. The fourth-order valence-corrected chi connectivity index (χ4v) is 0.827. The van der Waals surface area contributed by atoms with Gasteiger partial charge in [-0.2, -0.15) is 5.10 Å². The van der Waals surface area contributed by atoms with Crippen LogP contribution in [0.4, 0.5) is 5.69 Å². The van der Waals surface area contributed by atoms with Gasteiger partial charge in [0.2, 0.25) is 0 Å². The molecule has 0 unspecified atom stereocenters. The first-order valence-corrected chi connectivity index (χ1v) is 3.93. The van der Waals surface area contributed by atoms with Crippen molar-refractivity contribution in [3.63, 3.8) is 0 Å². The zero-order valence-electron chi connectivity index (χ0n) is 6.81. The Morgan fingerprint density at radius 1 is 1.31 bits per heavy atom. The molecule has 0 radical (unpaired) electrons. The van der Waals surface area contributed by atoms with Gasteiger partial charge in [0.15, 0.2) is 5.84 Å². The average molecular weight is 197 g/mol. The Kier molecular flexibility index (Phi) is 3.28. The number of hydrogen-bond donors (Lipinski definition) is 2. The van der Waals surface area contributed by atoms with E-state index in [0.717, 1.165) is 5.69 Å². The van der Waals surface area contributed by atoms with E-state index >= 15 is 0 Å². The largest absolute Gasteiger partial charge is 0.381 e. The maximum Gasteiger partial charge on any atom is 0.161 e. The van der Waals surface area contributed by atoms with Crippen LogP contribution in [0.25, 0.3) is 0 Å². The summed E-state index contributed by atoms with van der Waals surface area (Å²) in [6, 6.07) is 7.01. The summed E-state index contributed by atoms with van der Waals surface area (Å²) >= 11 is 5.68. The predicted molar refractivity (Wildman–Crippen MR) is 55.4 cm³/mol. The van der Waals surface area contributed by atoms with E-state index in [4.69, 9.17) is 23.2 Å². The summed E-state index contributed by atoms with van der Waals surface area (Å²) in [5.74, 6) is 5.09. The number of nitrogens with zero attached hydrogens (tertiary/aromatic N) is 2. The zero-order chi connectivity index (χ0) is 9.68. The van der Waals surface area contributed by atoms with Crippen molar-refractivity contribution in [3.8, 4) is 0 Å². The second kappa shape index (κ2) is 4.47. The smallest absolute Gasteiger partial charge is 0.161 e. The maximum absolute atomic E-state index is 5.68. The summed E-state index contributed by atoms with van der Waals surface area (Å²) in [6.07, 6.45) is 1.38. The lowest BCUT2D eigenvalue weighted by molar-refractivity contribution is 1.24. The Morgan fingerprint density at radius 3 is 2.46 bits per heavy atom. The van der Waals surface area contributed by atoms with Gasteiger partial charge in [-0.3, -0.25) is 4.99 Å². The number of benzene rings is 1. The van der Waals surface area contributed by atoms with Crippen LogP contribution in [0.2, 0.25) is 5.02 Å². The van der Waals surface area contributed by atoms with Gasteiger partial charge in [0.05, 0.1) is 11.9 Å². The van der Waals surface area contributed by atoms with Gasteiger partial charge >= 0.3 is 0 Å². The van der Waals surface area contributed by atoms with Gasteiger partial charge in [0.1, 0.15) is 0 Å². The summed E-state index contributed by atoms with van der Waals surface area (Å²) in [5, 5.41) is 3.91. The second-order valence-corrected chi connectivity index (χ2v) is 2.73. The highest BCUT2D eigenvalue weighted by Crippen LogP contribution is 2.15. The SMILES string of the molecule is NN=C(N)C=Nc1ccc(Cl)cc1. The van der Waals surface area contributed by atoms with E-state index in [1.807, 2.05) is 0 Å². The van der Waals surface area contributed by atoms with E-state index in [9.17, 15) is 0 Å². The Morgan fingerprint density at radius 2 is 1.92 bits per heavy atom. The Bertz CT molecular complexity index is 329. The van der Waals surface area contributed by atoms with Gasteiger partial charge in [-0.1, -0.05) is 11.6 Å². The average Bonchev–Trinajstić information content (AvgIpc) is 2.16. The lowest BCUT2D eigenvalue weighted by Gasteiger charge is -1.92. The number of amidine groups is 1. The van der Waals surface area contributed by atoms with Crippen LogP contribution in [0.1, 0.15) is 0 Å². The van der Waals surface area contributed by atoms with Crippen molar-refractivity contribution < 1.29 is 0 Å². The summed E-state index contributed by atoms with van der Waals surface area (Å²) in [5.41, 5.74) is 6.05. The molecule has 0 spiro atoms. The number of halogens is 1. The molecule has 4 nitrogen and oxygen atoms in total. The normalized spacial score (nSPS) is 12.2. The van der Waals surface area contributed by atoms with Gasteiger partial charge in [0.25, 0.3) is 0 Å². The number of rotatable bonds is 2. The van der Waals surface area contributed by atoms with Crippen molar-refractivity contribution in [1.82, 2.24) is 0 Å². The van der Waals surface area contributed by atoms with Gasteiger partial charge < -0.3 is 11.6 Å². The Balaban J connectivity index is 2.75. The molecule has 0 aliphatic carbocycles. The molecular formula is C8H9ClN4. The summed E-state index contributed by atoms with van der Waals surface area (Å²) in [6.45, 7) is 0. The number of nitrogens with two attached hydrogens (primary N) is 2. The van der Waals surface area contributed by atoms with Crippen LogP contribution in [0.3, 0.4) is 0 Å².